The molecule has 1 saturated heterocycles. The van der Waals surface area contributed by atoms with E-state index in [9.17, 15) is 9.59 Å². The molecule has 0 aromatic carbocycles. The highest BCUT2D eigenvalue weighted by atomic mass is 16.2. The summed E-state index contributed by atoms with van der Waals surface area (Å²) in [5, 5.41) is 2.58. The minimum Gasteiger partial charge on any atom is -0.333 e. The Morgan fingerprint density at radius 3 is 1.91 bits per heavy atom. The van der Waals surface area contributed by atoms with Crippen LogP contribution in [0.15, 0.2) is 0 Å². The Hall–Kier alpha value is -0.900. The van der Waals surface area contributed by atoms with Crippen LogP contribution in [0, 0.1) is 39.9 Å². The number of amides is 2. The maximum absolute atomic E-state index is 12.5. The van der Waals surface area contributed by atoms with Gasteiger partial charge in [-0.1, -0.05) is 41.5 Å². The highest BCUT2D eigenvalue weighted by molar-refractivity contribution is 6.06. The van der Waals surface area contributed by atoms with Crippen molar-refractivity contribution < 1.29 is 9.59 Å². The first-order valence-electron chi connectivity index (χ1n) is 8.89. The van der Waals surface area contributed by atoms with E-state index in [1.54, 1.807) is 0 Å². The van der Waals surface area contributed by atoms with E-state index in [0.717, 1.165) is 12.8 Å². The van der Waals surface area contributed by atoms with Crippen LogP contribution in [0.1, 0.15) is 60.8 Å². The van der Waals surface area contributed by atoms with Gasteiger partial charge in [0.2, 0.25) is 11.8 Å². The molecule has 132 valence electrons. The maximum atomic E-state index is 12.5. The molecule has 3 N–H and O–H groups in total. The molecule has 5 atom stereocenters. The van der Waals surface area contributed by atoms with Crippen molar-refractivity contribution >= 4 is 11.8 Å². The average molecular weight is 322 g/mol. The van der Waals surface area contributed by atoms with Crippen LogP contribution in [-0.4, -0.2) is 18.9 Å². The molecular formula is C19H34N2O2. The van der Waals surface area contributed by atoms with Gasteiger partial charge in [0.1, 0.15) is 0 Å². The first kappa shape index (κ1) is 18.4. The number of carbonyl (C=O) groups is 2. The fourth-order valence-corrected chi connectivity index (χ4v) is 6.08. The molecule has 0 radical (unpaired) electrons. The molecule has 2 bridgehead atoms. The first-order valence-corrected chi connectivity index (χ1v) is 8.89. The zero-order chi connectivity index (χ0) is 17.8. The van der Waals surface area contributed by atoms with Gasteiger partial charge in [0.25, 0.3) is 0 Å². The van der Waals surface area contributed by atoms with Crippen molar-refractivity contribution in [2.45, 2.75) is 60.8 Å². The summed E-state index contributed by atoms with van der Waals surface area (Å²) < 4.78 is 0. The summed E-state index contributed by atoms with van der Waals surface area (Å²) in [5.41, 5.74) is 4.55. The Labute approximate surface area is 141 Å². The van der Waals surface area contributed by atoms with Crippen molar-refractivity contribution in [1.82, 2.24) is 5.32 Å². The van der Waals surface area contributed by atoms with Gasteiger partial charge in [0, 0.05) is 6.42 Å². The van der Waals surface area contributed by atoms with E-state index in [1.165, 1.54) is 7.05 Å². The Morgan fingerprint density at radius 2 is 1.52 bits per heavy atom. The van der Waals surface area contributed by atoms with Crippen LogP contribution in [0.4, 0.5) is 0 Å². The van der Waals surface area contributed by atoms with Gasteiger partial charge in [-0.3, -0.25) is 14.9 Å². The largest absolute Gasteiger partial charge is 0.333 e. The number of fused-ring (bicyclic) bond motifs is 3. The molecule has 0 aromatic rings. The molecule has 0 aromatic heterocycles. The summed E-state index contributed by atoms with van der Waals surface area (Å²) in [6, 6.07) is 0. The summed E-state index contributed by atoms with van der Waals surface area (Å²) in [7, 11) is 1.50. The van der Waals surface area contributed by atoms with Crippen LogP contribution in [0.5, 0.6) is 0 Å². The minimum absolute atomic E-state index is 0.0154. The van der Waals surface area contributed by atoms with Gasteiger partial charge in [0.05, 0.1) is 5.41 Å². The zero-order valence-corrected chi connectivity index (χ0v) is 15.8. The Bertz CT molecular complexity index is 500. The molecule has 23 heavy (non-hydrogen) atoms. The molecule has 2 aliphatic carbocycles. The summed E-state index contributed by atoms with van der Waals surface area (Å²) in [6.07, 6.45) is 2.48. The van der Waals surface area contributed by atoms with Crippen molar-refractivity contribution in [3.05, 3.63) is 0 Å². The lowest BCUT2D eigenvalue weighted by Gasteiger charge is -2.51. The molecule has 3 fully saturated rings. The predicted octanol–water partition coefficient (Wildman–Crippen LogP) is 2.96. The van der Waals surface area contributed by atoms with Crippen LogP contribution in [0.2, 0.25) is 0 Å². The van der Waals surface area contributed by atoms with Gasteiger partial charge >= 0.3 is 0 Å². The SMILES string of the molecule is CC(C)(C)C1C2CC(C1C(C)(C)C)C1(CC(=O)NC1=O)C2.CN. The Balaban J connectivity index is 0.000000924. The highest BCUT2D eigenvalue weighted by Crippen LogP contribution is 2.69. The third-order valence-electron chi connectivity index (χ3n) is 6.40. The standard InChI is InChI=1S/C18H29NO2.CH5N/c1-16(2,3)13-10-7-11(14(13)17(4,5)6)18(8-10)9-12(20)19-15(18)21;1-2/h10-11,13-14H,7-9H2,1-6H3,(H,19,20,21);2H2,1H3. The summed E-state index contributed by atoms with van der Waals surface area (Å²) in [5.74, 6) is 2.09. The van der Waals surface area contributed by atoms with E-state index in [0.29, 0.717) is 30.1 Å². The van der Waals surface area contributed by atoms with Gasteiger partial charge in [-0.2, -0.15) is 0 Å². The number of hydrogen-bond donors (Lipinski definition) is 2. The normalized spacial score (nSPS) is 39.5. The fourth-order valence-electron chi connectivity index (χ4n) is 6.08. The van der Waals surface area contributed by atoms with Crippen molar-refractivity contribution in [3.63, 3.8) is 0 Å². The molecule has 5 unspecified atom stereocenters. The maximum Gasteiger partial charge on any atom is 0.233 e. The van der Waals surface area contributed by atoms with Crippen molar-refractivity contribution in [1.29, 1.82) is 0 Å². The number of imide groups is 1. The van der Waals surface area contributed by atoms with Crippen molar-refractivity contribution in [2.24, 2.45) is 45.7 Å². The van der Waals surface area contributed by atoms with Crippen LogP contribution in [0.3, 0.4) is 0 Å². The van der Waals surface area contributed by atoms with E-state index in [1.807, 2.05) is 0 Å². The second-order valence-corrected chi connectivity index (χ2v) is 9.80. The van der Waals surface area contributed by atoms with Crippen LogP contribution < -0.4 is 11.1 Å². The van der Waals surface area contributed by atoms with Crippen LogP contribution in [0.25, 0.3) is 0 Å². The molecule has 2 saturated carbocycles. The summed E-state index contributed by atoms with van der Waals surface area (Å²) in [4.78, 5) is 24.3. The van der Waals surface area contributed by atoms with Crippen molar-refractivity contribution in [2.75, 3.05) is 7.05 Å². The quantitative estimate of drug-likeness (QED) is 0.674. The summed E-state index contributed by atoms with van der Waals surface area (Å²) >= 11 is 0. The second-order valence-electron chi connectivity index (χ2n) is 9.80. The van der Waals surface area contributed by atoms with Crippen molar-refractivity contribution in [3.8, 4) is 0 Å². The average Bonchev–Trinajstić information content (AvgIpc) is 3.02. The third-order valence-corrected chi connectivity index (χ3v) is 6.40. The smallest absolute Gasteiger partial charge is 0.233 e. The van der Waals surface area contributed by atoms with E-state index in [-0.39, 0.29) is 28.1 Å². The highest BCUT2D eigenvalue weighted by Gasteiger charge is 2.68. The molecule has 3 aliphatic rings. The van der Waals surface area contributed by atoms with Gasteiger partial charge < -0.3 is 5.73 Å². The Kier molecular flexibility index (Phi) is 4.47. The van der Waals surface area contributed by atoms with Gasteiger partial charge in [-0.15, -0.1) is 0 Å². The topological polar surface area (TPSA) is 72.2 Å². The monoisotopic (exact) mass is 322 g/mol. The lowest BCUT2D eigenvalue weighted by atomic mass is 9.53. The molecular weight excluding hydrogens is 288 g/mol. The number of carbonyl (C=O) groups excluding carboxylic acids is 2. The molecule has 4 nitrogen and oxygen atoms in total. The van der Waals surface area contributed by atoms with Gasteiger partial charge in [0.15, 0.2) is 0 Å². The number of nitrogens with two attached hydrogens (primary N) is 1. The molecule has 4 heteroatoms. The molecule has 2 amide bonds. The number of rotatable bonds is 0. The zero-order valence-electron chi connectivity index (χ0n) is 15.8. The van der Waals surface area contributed by atoms with E-state index < -0.39 is 0 Å². The van der Waals surface area contributed by atoms with Gasteiger partial charge in [-0.05, 0) is 54.4 Å². The lowest BCUT2D eigenvalue weighted by molar-refractivity contribution is -0.136. The van der Waals surface area contributed by atoms with Crippen LogP contribution >= 0.6 is 0 Å². The minimum atomic E-state index is -0.387. The third kappa shape index (κ3) is 2.73. The molecule has 1 aliphatic heterocycles. The number of hydrogen-bond acceptors (Lipinski definition) is 3. The Morgan fingerprint density at radius 1 is 1.00 bits per heavy atom. The van der Waals surface area contributed by atoms with Gasteiger partial charge in [-0.25, -0.2) is 0 Å². The molecule has 1 heterocycles. The predicted molar refractivity (Wildman–Crippen MR) is 92.4 cm³/mol. The number of nitrogens with one attached hydrogen (secondary N) is 1. The van der Waals surface area contributed by atoms with E-state index in [2.05, 4.69) is 52.6 Å². The first-order chi connectivity index (χ1) is 10.5. The summed E-state index contributed by atoms with van der Waals surface area (Å²) in [6.45, 7) is 13.9. The van der Waals surface area contributed by atoms with E-state index >= 15 is 0 Å². The van der Waals surface area contributed by atoms with E-state index in [4.69, 9.17) is 0 Å². The molecule has 1 spiro atoms. The second kappa shape index (κ2) is 5.58. The lowest BCUT2D eigenvalue weighted by Crippen LogP contribution is -2.49. The van der Waals surface area contributed by atoms with Crippen LogP contribution in [-0.2, 0) is 9.59 Å². The fraction of sp³-hybridized carbons (Fsp3) is 0.895. The molecule has 3 rings (SSSR count).